The molecule has 0 aliphatic heterocycles. The molecule has 0 rings (SSSR count). The summed E-state index contributed by atoms with van der Waals surface area (Å²) in [4.78, 5) is 0. The van der Waals surface area contributed by atoms with Crippen LogP contribution in [0.5, 0.6) is 0 Å². The Bertz CT molecular complexity index is 522. The highest BCUT2D eigenvalue weighted by atomic mass is 32.2. The van der Waals surface area contributed by atoms with Crippen LogP contribution in [-0.4, -0.2) is 56.0 Å². The molecule has 0 spiro atoms. The average Bonchev–Trinajstić information content (AvgIpc) is 2.47. The predicted molar refractivity (Wildman–Crippen MR) is 94.1 cm³/mol. The Kier molecular flexibility index (Phi) is 10.3. The zero-order valence-electron chi connectivity index (χ0n) is 12.8. The van der Waals surface area contributed by atoms with E-state index >= 15 is 0 Å². The Hall–Kier alpha value is -0.600. The molecule has 0 saturated heterocycles. The van der Waals surface area contributed by atoms with E-state index < -0.39 is 70.7 Å². The maximum atomic E-state index is 11.7. The highest BCUT2D eigenvalue weighted by molar-refractivity contribution is 7.83. The molecule has 0 aliphatic carbocycles. The average molecular weight is 429 g/mol. The molecule has 8 nitrogen and oxygen atoms in total. The molecule has 0 heterocycles. The quantitative estimate of drug-likeness (QED) is 0.302. The lowest BCUT2D eigenvalue weighted by Crippen LogP contribution is -2.62. The maximum absolute atomic E-state index is 11.7. The molecular formula is C13H16O8S4-4. The van der Waals surface area contributed by atoms with E-state index in [4.69, 9.17) is 0 Å². The largest absolute Gasteiger partial charge is 0.772 e. The Morgan fingerprint density at radius 3 is 0.800 bits per heavy atom. The van der Waals surface area contributed by atoms with Crippen molar-refractivity contribution in [3.63, 3.8) is 0 Å². The fourth-order valence-corrected chi connectivity index (χ4v) is 7.01. The van der Waals surface area contributed by atoms with Crippen LogP contribution in [0, 0.1) is 5.41 Å². The zero-order valence-corrected chi connectivity index (χ0v) is 16.1. The number of hydrogen-bond acceptors (Lipinski definition) is 8. The Morgan fingerprint density at radius 1 is 0.560 bits per heavy atom. The van der Waals surface area contributed by atoms with Crippen molar-refractivity contribution in [3.05, 3.63) is 50.6 Å². The minimum absolute atomic E-state index is 0.763. The van der Waals surface area contributed by atoms with Crippen LogP contribution in [0.4, 0.5) is 0 Å². The van der Waals surface area contributed by atoms with E-state index in [2.05, 4.69) is 26.3 Å². The van der Waals surface area contributed by atoms with Gasteiger partial charge >= 0.3 is 0 Å². The Balaban J connectivity index is 7.37. The van der Waals surface area contributed by atoms with Gasteiger partial charge in [-0.3, -0.25) is 16.8 Å². The topological polar surface area (TPSA) is 161 Å². The monoisotopic (exact) mass is 428 g/mol. The summed E-state index contributed by atoms with van der Waals surface area (Å²) in [5.41, 5.74) is -2.47. The van der Waals surface area contributed by atoms with Gasteiger partial charge in [-0.2, -0.15) is 0 Å². The van der Waals surface area contributed by atoms with Crippen LogP contribution < -0.4 is 0 Å². The smallest absolute Gasteiger partial charge is 0.0491 e. The molecular weight excluding hydrogens is 412 g/mol. The van der Waals surface area contributed by atoms with E-state index in [1.54, 1.807) is 0 Å². The molecule has 0 radical (unpaired) electrons. The highest BCUT2D eigenvalue weighted by Crippen LogP contribution is 2.45. The summed E-state index contributed by atoms with van der Waals surface area (Å²) < 4.78 is 93.8. The summed E-state index contributed by atoms with van der Waals surface area (Å²) in [6.45, 7) is 13.1. The molecule has 0 N–H and O–H groups in total. The van der Waals surface area contributed by atoms with E-state index in [1.807, 2.05) is 0 Å². The Morgan fingerprint density at radius 2 is 0.720 bits per heavy atom. The van der Waals surface area contributed by atoms with Crippen molar-refractivity contribution in [2.24, 2.45) is 5.41 Å². The van der Waals surface area contributed by atoms with Crippen LogP contribution in [0.2, 0.25) is 0 Å². The number of rotatable bonds is 12. The fraction of sp³-hybridized carbons (Fsp3) is 0.385. The van der Waals surface area contributed by atoms with E-state index in [-0.39, 0.29) is 0 Å². The summed E-state index contributed by atoms with van der Waals surface area (Å²) >= 11 is -12.5. The van der Waals surface area contributed by atoms with Gasteiger partial charge < -0.3 is 18.2 Å². The van der Waals surface area contributed by atoms with Crippen LogP contribution in [0.25, 0.3) is 0 Å². The zero-order chi connectivity index (χ0) is 19.9. The molecule has 0 aromatic rings. The van der Waals surface area contributed by atoms with Crippen LogP contribution in [0.15, 0.2) is 50.6 Å². The highest BCUT2D eigenvalue weighted by Gasteiger charge is 2.55. The molecule has 0 aromatic heterocycles. The molecule has 0 bridgehead atoms. The third kappa shape index (κ3) is 4.77. The van der Waals surface area contributed by atoms with Gasteiger partial charge in [0.15, 0.2) is 0 Å². The van der Waals surface area contributed by atoms with Crippen molar-refractivity contribution in [2.75, 3.05) is 0 Å². The fourth-order valence-electron chi connectivity index (χ4n) is 2.77. The van der Waals surface area contributed by atoms with Gasteiger partial charge in [-0.25, -0.2) is 0 Å². The minimum Gasteiger partial charge on any atom is -0.772 e. The van der Waals surface area contributed by atoms with E-state index in [0.717, 1.165) is 24.3 Å². The van der Waals surface area contributed by atoms with E-state index in [1.165, 1.54) is 0 Å². The molecule has 144 valence electrons. The van der Waals surface area contributed by atoms with Crippen LogP contribution in [-0.2, 0) is 44.3 Å². The standard InChI is InChI=1S/C13H20O8S4/c1-5-9(22(14)15)13(10(6-2)23(16)17,11(7-3)24(18)19)12(8-4)25(20)21/h5-12H,1-4H2,(H,14,15)(H,16,17)(H,18,19)(H,20,21)/p-4. The van der Waals surface area contributed by atoms with Gasteiger partial charge in [0.1, 0.15) is 0 Å². The van der Waals surface area contributed by atoms with Gasteiger partial charge in [0.05, 0.1) is 0 Å². The van der Waals surface area contributed by atoms with Crippen molar-refractivity contribution in [1.29, 1.82) is 0 Å². The summed E-state index contributed by atoms with van der Waals surface area (Å²) in [7, 11) is 0. The molecule has 8 atom stereocenters. The lowest BCUT2D eigenvalue weighted by Gasteiger charge is -2.53. The van der Waals surface area contributed by atoms with Gasteiger partial charge in [0, 0.05) is 26.4 Å². The van der Waals surface area contributed by atoms with Crippen LogP contribution in [0.3, 0.4) is 0 Å². The van der Waals surface area contributed by atoms with E-state index in [9.17, 15) is 35.0 Å². The second kappa shape index (κ2) is 10.5. The third-order valence-electron chi connectivity index (χ3n) is 3.66. The van der Waals surface area contributed by atoms with Crippen LogP contribution in [0.1, 0.15) is 0 Å². The summed E-state index contributed by atoms with van der Waals surface area (Å²) in [5.74, 6) is 0. The van der Waals surface area contributed by atoms with Crippen molar-refractivity contribution < 1.29 is 35.0 Å². The first-order chi connectivity index (χ1) is 11.6. The van der Waals surface area contributed by atoms with Gasteiger partial charge in [-0.05, 0) is 44.3 Å². The molecule has 0 aromatic carbocycles. The predicted octanol–water partition coefficient (Wildman–Crippen LogP) is -0.292. The first kappa shape index (κ1) is 24.4. The first-order valence-corrected chi connectivity index (χ1v) is 10.9. The molecule has 0 aliphatic rings. The lowest BCUT2D eigenvalue weighted by molar-refractivity contribution is 0.292. The molecule has 8 unspecified atom stereocenters. The van der Waals surface area contributed by atoms with Gasteiger partial charge in [0.2, 0.25) is 0 Å². The van der Waals surface area contributed by atoms with Crippen molar-refractivity contribution in [1.82, 2.24) is 0 Å². The van der Waals surface area contributed by atoms with Gasteiger partial charge in [-0.1, -0.05) is 24.3 Å². The second-order valence-electron chi connectivity index (χ2n) is 4.67. The van der Waals surface area contributed by atoms with Crippen molar-refractivity contribution >= 4 is 44.3 Å². The van der Waals surface area contributed by atoms with E-state index in [0.29, 0.717) is 0 Å². The van der Waals surface area contributed by atoms with Crippen LogP contribution >= 0.6 is 0 Å². The third-order valence-corrected chi connectivity index (χ3v) is 7.72. The van der Waals surface area contributed by atoms with Crippen molar-refractivity contribution in [3.8, 4) is 0 Å². The second-order valence-corrected chi connectivity index (χ2v) is 8.78. The minimum atomic E-state index is -3.12. The number of hydrogen-bond donors (Lipinski definition) is 0. The maximum Gasteiger partial charge on any atom is 0.0491 e. The summed E-state index contributed by atoms with van der Waals surface area (Å²) in [5, 5.41) is -7.57. The summed E-state index contributed by atoms with van der Waals surface area (Å²) in [6, 6.07) is 0. The summed E-state index contributed by atoms with van der Waals surface area (Å²) in [6.07, 6.45) is 3.05. The molecule has 12 heteroatoms. The molecule has 0 amide bonds. The van der Waals surface area contributed by atoms with Gasteiger partial charge in [0.25, 0.3) is 0 Å². The molecule has 25 heavy (non-hydrogen) atoms. The molecule has 0 fully saturated rings. The molecule has 0 saturated carbocycles. The van der Waals surface area contributed by atoms with Crippen molar-refractivity contribution in [2.45, 2.75) is 21.0 Å². The SMILES string of the molecule is C=CC(S(=O)[O-])C(C(C=C)S(=O)[O-])(C(C=C)S(=O)[O-])C(C=C)S(=O)[O-]. The Labute approximate surface area is 156 Å². The van der Waals surface area contributed by atoms with Gasteiger partial charge in [-0.15, -0.1) is 26.3 Å². The first-order valence-electron chi connectivity index (χ1n) is 6.40. The normalized spacial score (nSPS) is 23.5. The lowest BCUT2D eigenvalue weighted by atomic mass is 9.73.